The van der Waals surface area contributed by atoms with Crippen molar-refractivity contribution in [3.63, 3.8) is 0 Å². The fourth-order valence-electron chi connectivity index (χ4n) is 2.14. The zero-order chi connectivity index (χ0) is 15.5. The summed E-state index contributed by atoms with van der Waals surface area (Å²) >= 11 is 5.98. The maximum atomic E-state index is 12.6. The number of hydrogen-bond acceptors (Lipinski definition) is 5. The Balaban J connectivity index is 0.00000242. The minimum absolute atomic E-state index is 0. The summed E-state index contributed by atoms with van der Waals surface area (Å²) < 4.78 is 31.1. The second kappa shape index (κ2) is 8.12. The molecule has 1 aromatic carbocycles. The summed E-state index contributed by atoms with van der Waals surface area (Å²) in [5, 5.41) is 3.22. The van der Waals surface area contributed by atoms with E-state index in [4.69, 9.17) is 11.6 Å². The zero-order valence-corrected chi connectivity index (χ0v) is 14.4. The normalized spacial score (nSPS) is 16.5. The predicted molar refractivity (Wildman–Crippen MR) is 86.3 cm³/mol. The van der Waals surface area contributed by atoms with Gasteiger partial charge in [-0.2, -0.15) is 4.31 Å². The maximum absolute atomic E-state index is 12.6. The molecule has 0 aliphatic carbocycles. The molecule has 1 heterocycles. The van der Waals surface area contributed by atoms with Gasteiger partial charge in [0, 0.05) is 19.6 Å². The number of nitrogens with one attached hydrogen (secondary N) is 1. The molecule has 1 saturated heterocycles. The molecule has 0 aromatic heterocycles. The number of carbonyl (C=O) groups excluding carboxylic acids is 1. The molecule has 9 heteroatoms. The first-order valence-corrected chi connectivity index (χ1v) is 8.37. The maximum Gasteiger partial charge on any atom is 0.339 e. The van der Waals surface area contributed by atoms with Crippen molar-refractivity contribution in [3.05, 3.63) is 28.8 Å². The van der Waals surface area contributed by atoms with E-state index in [1.165, 1.54) is 29.6 Å². The summed E-state index contributed by atoms with van der Waals surface area (Å²) in [5.74, 6) is -0.595. The van der Waals surface area contributed by atoms with E-state index in [1.54, 1.807) is 0 Å². The van der Waals surface area contributed by atoms with Crippen LogP contribution in [-0.4, -0.2) is 52.0 Å². The van der Waals surface area contributed by atoms with Gasteiger partial charge in [-0.3, -0.25) is 0 Å². The fourth-order valence-corrected chi connectivity index (χ4v) is 3.97. The van der Waals surface area contributed by atoms with Gasteiger partial charge in [0.15, 0.2) is 0 Å². The Kier molecular flexibility index (Phi) is 7.08. The number of carbonyl (C=O) groups is 1. The number of halogens is 2. The molecule has 0 bridgehead atoms. The van der Waals surface area contributed by atoms with E-state index >= 15 is 0 Å². The van der Waals surface area contributed by atoms with E-state index in [1.807, 2.05) is 0 Å². The van der Waals surface area contributed by atoms with Crippen LogP contribution in [-0.2, 0) is 14.8 Å². The van der Waals surface area contributed by atoms with Crippen LogP contribution in [0.25, 0.3) is 0 Å². The number of methoxy groups -OCH3 is 1. The van der Waals surface area contributed by atoms with Crippen LogP contribution in [0.4, 0.5) is 0 Å². The van der Waals surface area contributed by atoms with Gasteiger partial charge in [0.25, 0.3) is 0 Å². The molecular formula is C13H18Cl2N2O4S. The molecule has 0 atom stereocenters. The molecule has 1 aliphatic heterocycles. The van der Waals surface area contributed by atoms with Gasteiger partial charge in [0.1, 0.15) is 0 Å². The third kappa shape index (κ3) is 4.11. The summed E-state index contributed by atoms with van der Waals surface area (Å²) in [5.41, 5.74) is 0.149. The van der Waals surface area contributed by atoms with Gasteiger partial charge in [-0.15, -0.1) is 12.4 Å². The molecule has 0 spiro atoms. The summed E-state index contributed by atoms with van der Waals surface area (Å²) in [6, 6.07) is 4.05. The van der Waals surface area contributed by atoms with Crippen molar-refractivity contribution in [1.29, 1.82) is 0 Å². The number of sulfonamides is 1. The lowest BCUT2D eigenvalue weighted by molar-refractivity contribution is 0.0601. The van der Waals surface area contributed by atoms with Crippen LogP contribution >= 0.6 is 24.0 Å². The average Bonchev–Trinajstić information content (AvgIpc) is 2.76. The Morgan fingerprint density at radius 1 is 1.32 bits per heavy atom. The number of hydrogen-bond donors (Lipinski definition) is 1. The van der Waals surface area contributed by atoms with Crippen LogP contribution in [0.15, 0.2) is 23.1 Å². The molecule has 22 heavy (non-hydrogen) atoms. The van der Waals surface area contributed by atoms with Crippen LogP contribution in [0.5, 0.6) is 0 Å². The molecule has 0 radical (unpaired) electrons. The Morgan fingerprint density at radius 2 is 2.05 bits per heavy atom. The van der Waals surface area contributed by atoms with Crippen molar-refractivity contribution >= 4 is 40.0 Å². The van der Waals surface area contributed by atoms with Crippen molar-refractivity contribution in [1.82, 2.24) is 9.62 Å². The van der Waals surface area contributed by atoms with E-state index in [2.05, 4.69) is 10.1 Å². The molecule has 1 N–H and O–H groups in total. The van der Waals surface area contributed by atoms with Crippen LogP contribution in [0.3, 0.4) is 0 Å². The second-order valence-electron chi connectivity index (χ2n) is 4.64. The highest BCUT2D eigenvalue weighted by atomic mass is 35.5. The molecule has 6 nitrogen and oxygen atoms in total. The summed E-state index contributed by atoms with van der Waals surface area (Å²) in [6.07, 6.45) is 0.757. The molecule has 0 amide bonds. The van der Waals surface area contributed by atoms with Gasteiger partial charge in [0.05, 0.1) is 22.6 Å². The smallest absolute Gasteiger partial charge is 0.339 e. The highest BCUT2D eigenvalue weighted by Crippen LogP contribution is 2.24. The molecule has 124 valence electrons. The van der Waals surface area contributed by atoms with Crippen molar-refractivity contribution in [2.24, 2.45) is 0 Å². The van der Waals surface area contributed by atoms with Gasteiger partial charge in [-0.25, -0.2) is 13.2 Å². The highest BCUT2D eigenvalue weighted by Gasteiger charge is 2.26. The molecular weight excluding hydrogens is 351 g/mol. The fraction of sp³-hybridized carbons (Fsp3) is 0.462. The topological polar surface area (TPSA) is 75.7 Å². The zero-order valence-electron chi connectivity index (χ0n) is 12.0. The molecule has 0 unspecified atom stereocenters. The van der Waals surface area contributed by atoms with E-state index < -0.39 is 16.0 Å². The largest absolute Gasteiger partial charge is 0.465 e. The molecule has 0 saturated carbocycles. The van der Waals surface area contributed by atoms with Gasteiger partial charge in [-0.05, 0) is 31.2 Å². The first kappa shape index (κ1) is 19.2. The number of benzene rings is 1. The first-order valence-electron chi connectivity index (χ1n) is 6.55. The van der Waals surface area contributed by atoms with E-state index in [9.17, 15) is 13.2 Å². The van der Waals surface area contributed by atoms with Gasteiger partial charge in [-0.1, -0.05) is 11.6 Å². The third-order valence-corrected chi connectivity index (χ3v) is 5.49. The Hall–Kier alpha value is -0.860. The second-order valence-corrected chi connectivity index (χ2v) is 6.99. The third-order valence-electron chi connectivity index (χ3n) is 3.28. The van der Waals surface area contributed by atoms with Crippen molar-refractivity contribution in [3.8, 4) is 0 Å². The summed E-state index contributed by atoms with van der Waals surface area (Å²) in [7, 11) is -2.36. The van der Waals surface area contributed by atoms with E-state index in [0.29, 0.717) is 19.6 Å². The standard InChI is InChI=1S/C13H17ClN2O4S.ClH/c1-20-13(17)11-4-3-10(9-12(11)14)21(18,19)16-7-2-5-15-6-8-16;/h3-4,9,15H,2,5-8H2,1H3;1H. The van der Waals surface area contributed by atoms with Crippen LogP contribution in [0, 0.1) is 0 Å². The summed E-state index contributed by atoms with van der Waals surface area (Å²) in [4.78, 5) is 11.6. The lowest BCUT2D eigenvalue weighted by atomic mass is 10.2. The van der Waals surface area contributed by atoms with Crippen molar-refractivity contribution in [2.75, 3.05) is 33.3 Å². The molecule has 2 rings (SSSR count). The van der Waals surface area contributed by atoms with E-state index in [0.717, 1.165) is 13.0 Å². The average molecular weight is 369 g/mol. The van der Waals surface area contributed by atoms with Gasteiger partial charge >= 0.3 is 5.97 Å². The lowest BCUT2D eigenvalue weighted by Gasteiger charge is -2.20. The Morgan fingerprint density at radius 3 is 2.68 bits per heavy atom. The minimum atomic E-state index is -3.60. The monoisotopic (exact) mass is 368 g/mol. The molecule has 1 aromatic rings. The van der Waals surface area contributed by atoms with Crippen LogP contribution in [0.1, 0.15) is 16.8 Å². The van der Waals surface area contributed by atoms with Gasteiger partial charge in [0.2, 0.25) is 10.0 Å². The van der Waals surface area contributed by atoms with E-state index in [-0.39, 0.29) is 27.9 Å². The number of rotatable bonds is 3. The molecule has 1 aliphatic rings. The SMILES string of the molecule is COC(=O)c1ccc(S(=O)(=O)N2CCCNCC2)cc1Cl.Cl. The lowest BCUT2D eigenvalue weighted by Crippen LogP contribution is -2.34. The Bertz CT molecular complexity index is 629. The Labute approximate surface area is 141 Å². The summed E-state index contributed by atoms with van der Waals surface area (Å²) in [6.45, 7) is 2.30. The van der Waals surface area contributed by atoms with Crippen molar-refractivity contribution in [2.45, 2.75) is 11.3 Å². The number of ether oxygens (including phenoxy) is 1. The van der Waals surface area contributed by atoms with Crippen molar-refractivity contribution < 1.29 is 17.9 Å². The highest BCUT2D eigenvalue weighted by molar-refractivity contribution is 7.89. The number of esters is 1. The first-order chi connectivity index (χ1) is 9.96. The van der Waals surface area contributed by atoms with Crippen LogP contribution < -0.4 is 5.32 Å². The number of nitrogens with zero attached hydrogens (tertiary/aromatic N) is 1. The minimum Gasteiger partial charge on any atom is -0.465 e. The van der Waals surface area contributed by atoms with Gasteiger partial charge < -0.3 is 10.1 Å². The quantitative estimate of drug-likeness (QED) is 0.818. The predicted octanol–water partition coefficient (Wildman–Crippen LogP) is 1.53. The molecule has 1 fully saturated rings. The van der Waals surface area contributed by atoms with Crippen LogP contribution in [0.2, 0.25) is 5.02 Å².